The Hall–Kier alpha value is -3.16. The number of fused-ring (bicyclic) bond motifs is 1. The number of ether oxygens (including phenoxy) is 1. The van der Waals surface area contributed by atoms with E-state index in [4.69, 9.17) is 26.0 Å². The first-order chi connectivity index (χ1) is 17.5. The van der Waals surface area contributed by atoms with Gasteiger partial charge >= 0.3 is 7.60 Å². The van der Waals surface area contributed by atoms with Crippen molar-refractivity contribution in [1.82, 2.24) is 10.3 Å². The Morgan fingerprint density at radius 1 is 0.972 bits per heavy atom. The second-order valence-corrected chi connectivity index (χ2v) is 10.4. The molecule has 4 aromatic rings. The van der Waals surface area contributed by atoms with Gasteiger partial charge in [-0.3, -0.25) is 4.57 Å². The predicted octanol–water partition coefficient (Wildman–Crippen LogP) is 6.22. The zero-order valence-electron chi connectivity index (χ0n) is 20.5. The maximum atomic E-state index is 12.9. The normalized spacial score (nSPS) is 11.4. The molecule has 4 rings (SSSR count). The molecule has 0 atom stereocenters. The molecule has 3 aromatic carbocycles. The molecular weight excluding hydrogens is 493 g/mol. The van der Waals surface area contributed by atoms with Crippen LogP contribution in [0.1, 0.15) is 19.4 Å². The van der Waals surface area contributed by atoms with E-state index in [1.807, 2.05) is 42.5 Å². The van der Waals surface area contributed by atoms with Crippen molar-refractivity contribution in [1.29, 1.82) is 0 Å². The zero-order chi connectivity index (χ0) is 25.5. The molecule has 9 heteroatoms. The lowest BCUT2D eigenvalue weighted by Gasteiger charge is -2.17. The average molecular weight is 524 g/mol. The average Bonchev–Trinajstić information content (AvgIpc) is 3.32. The fourth-order valence-electron chi connectivity index (χ4n) is 3.87. The van der Waals surface area contributed by atoms with Gasteiger partial charge in [-0.1, -0.05) is 30.3 Å². The van der Waals surface area contributed by atoms with Crippen LogP contribution in [0.2, 0.25) is 0 Å². The highest BCUT2D eigenvalue weighted by molar-refractivity contribution is 7.80. The van der Waals surface area contributed by atoms with E-state index in [1.165, 1.54) is 0 Å². The van der Waals surface area contributed by atoms with E-state index in [0.29, 0.717) is 35.9 Å². The number of methoxy groups -OCH3 is 1. The highest BCUT2D eigenvalue weighted by atomic mass is 32.1. The van der Waals surface area contributed by atoms with Crippen molar-refractivity contribution in [2.24, 2.45) is 0 Å². The number of aromatic nitrogens is 1. The van der Waals surface area contributed by atoms with Crippen molar-refractivity contribution >= 4 is 46.8 Å². The van der Waals surface area contributed by atoms with Crippen LogP contribution >= 0.6 is 19.8 Å². The lowest BCUT2D eigenvalue weighted by atomic mass is 10.1. The Kier molecular flexibility index (Phi) is 8.44. The third-order valence-electron chi connectivity index (χ3n) is 5.59. The first-order valence-corrected chi connectivity index (χ1v) is 13.7. The number of benzene rings is 3. The topological polar surface area (TPSA) is 84.6 Å². The molecule has 0 fully saturated rings. The van der Waals surface area contributed by atoms with Crippen LogP contribution in [-0.2, 0) is 20.2 Å². The van der Waals surface area contributed by atoms with E-state index in [9.17, 15) is 4.57 Å². The number of rotatable bonds is 10. The van der Waals surface area contributed by atoms with Crippen LogP contribution in [0.25, 0.3) is 22.2 Å². The molecule has 0 spiro atoms. The monoisotopic (exact) mass is 523 g/mol. The summed E-state index contributed by atoms with van der Waals surface area (Å²) in [4.78, 5) is 3.45. The minimum absolute atomic E-state index is 0.311. The fourth-order valence-corrected chi connectivity index (χ4v) is 5.62. The van der Waals surface area contributed by atoms with Gasteiger partial charge in [0.1, 0.15) is 5.75 Å². The number of nitrogens with one attached hydrogen (secondary N) is 3. The summed E-state index contributed by atoms with van der Waals surface area (Å²) in [5, 5.41) is 8.60. The van der Waals surface area contributed by atoms with Crippen LogP contribution in [0.3, 0.4) is 0 Å². The third kappa shape index (κ3) is 5.97. The van der Waals surface area contributed by atoms with Gasteiger partial charge in [-0.25, -0.2) is 0 Å². The minimum atomic E-state index is -3.30. The SMILES string of the molecule is CCOP(=O)(OCC)c1ccc(CNC(=S)Nc2cc(-c3cc4ccccc4[nH]3)ccc2OC)cc1. The van der Waals surface area contributed by atoms with E-state index in [2.05, 4.69) is 33.8 Å². The van der Waals surface area contributed by atoms with Gasteiger partial charge < -0.3 is 29.4 Å². The molecule has 7 nitrogen and oxygen atoms in total. The van der Waals surface area contributed by atoms with Crippen LogP contribution in [0.4, 0.5) is 5.69 Å². The van der Waals surface area contributed by atoms with Crippen molar-refractivity contribution in [3.05, 3.63) is 78.4 Å². The second kappa shape index (κ2) is 11.7. The van der Waals surface area contributed by atoms with Gasteiger partial charge in [0.2, 0.25) is 0 Å². The van der Waals surface area contributed by atoms with Crippen LogP contribution in [0.5, 0.6) is 5.75 Å². The van der Waals surface area contributed by atoms with Crippen molar-refractivity contribution in [2.75, 3.05) is 25.6 Å². The third-order valence-corrected chi connectivity index (χ3v) is 7.97. The zero-order valence-corrected chi connectivity index (χ0v) is 22.2. The lowest BCUT2D eigenvalue weighted by molar-refractivity contribution is 0.230. The van der Waals surface area contributed by atoms with Crippen molar-refractivity contribution < 1.29 is 18.3 Å². The summed E-state index contributed by atoms with van der Waals surface area (Å²) in [5.41, 5.74) is 4.84. The maximum Gasteiger partial charge on any atom is 0.361 e. The van der Waals surface area contributed by atoms with E-state index in [1.54, 1.807) is 33.1 Å². The van der Waals surface area contributed by atoms with Gasteiger partial charge in [-0.15, -0.1) is 0 Å². The van der Waals surface area contributed by atoms with Crippen LogP contribution in [0.15, 0.2) is 72.8 Å². The molecule has 1 heterocycles. The van der Waals surface area contributed by atoms with Crippen molar-refractivity contribution in [3.8, 4) is 17.0 Å². The van der Waals surface area contributed by atoms with Crippen LogP contribution in [-0.4, -0.2) is 30.4 Å². The Bertz CT molecular complexity index is 1340. The molecule has 0 amide bonds. The van der Waals surface area contributed by atoms with Gasteiger partial charge in [0.15, 0.2) is 5.11 Å². The van der Waals surface area contributed by atoms with Crippen molar-refractivity contribution in [2.45, 2.75) is 20.4 Å². The van der Waals surface area contributed by atoms with Gasteiger partial charge in [0.05, 0.1) is 31.3 Å². The van der Waals surface area contributed by atoms with Crippen LogP contribution in [0, 0.1) is 0 Å². The maximum absolute atomic E-state index is 12.9. The molecule has 0 aliphatic rings. The van der Waals surface area contributed by atoms with Gasteiger partial charge in [-0.2, -0.15) is 0 Å². The molecule has 0 aliphatic heterocycles. The predicted molar refractivity (Wildman–Crippen MR) is 150 cm³/mol. The van der Waals surface area contributed by atoms with E-state index in [0.717, 1.165) is 33.4 Å². The highest BCUT2D eigenvalue weighted by Crippen LogP contribution is 2.46. The van der Waals surface area contributed by atoms with Gasteiger partial charge in [0, 0.05) is 28.7 Å². The molecule has 0 bridgehead atoms. The van der Waals surface area contributed by atoms with Crippen LogP contribution < -0.4 is 20.7 Å². The lowest BCUT2D eigenvalue weighted by Crippen LogP contribution is -2.28. The summed E-state index contributed by atoms with van der Waals surface area (Å²) in [7, 11) is -1.67. The molecule has 188 valence electrons. The molecule has 1 aromatic heterocycles. The summed E-state index contributed by atoms with van der Waals surface area (Å²) in [6, 6.07) is 23.5. The number of hydrogen-bond acceptors (Lipinski definition) is 5. The Balaban J connectivity index is 1.43. The summed E-state index contributed by atoms with van der Waals surface area (Å²) in [6.45, 7) is 4.70. The Morgan fingerprint density at radius 3 is 2.36 bits per heavy atom. The van der Waals surface area contributed by atoms with E-state index in [-0.39, 0.29) is 0 Å². The highest BCUT2D eigenvalue weighted by Gasteiger charge is 2.26. The molecule has 3 N–H and O–H groups in total. The number of H-pyrrole nitrogens is 1. The number of anilines is 1. The molecular formula is C27H30N3O4PS. The van der Waals surface area contributed by atoms with Gasteiger partial charge in [0.25, 0.3) is 0 Å². The summed E-state index contributed by atoms with van der Waals surface area (Å²) >= 11 is 5.54. The largest absolute Gasteiger partial charge is 0.495 e. The number of para-hydroxylation sites is 1. The van der Waals surface area contributed by atoms with E-state index < -0.39 is 7.60 Å². The molecule has 36 heavy (non-hydrogen) atoms. The Labute approximate surface area is 216 Å². The first-order valence-electron chi connectivity index (χ1n) is 11.8. The summed E-state index contributed by atoms with van der Waals surface area (Å²) in [6.07, 6.45) is 0. The Morgan fingerprint density at radius 2 is 1.69 bits per heavy atom. The smallest absolute Gasteiger partial charge is 0.361 e. The molecule has 0 aliphatic carbocycles. The summed E-state index contributed by atoms with van der Waals surface area (Å²) < 4.78 is 29.3. The fraction of sp³-hybridized carbons (Fsp3) is 0.222. The number of thiocarbonyl (C=S) groups is 1. The molecule has 0 unspecified atom stereocenters. The first kappa shape index (κ1) is 25.9. The molecule has 0 radical (unpaired) electrons. The summed E-state index contributed by atoms with van der Waals surface area (Å²) in [5.74, 6) is 0.686. The molecule has 0 saturated heterocycles. The number of hydrogen-bond donors (Lipinski definition) is 3. The molecule has 0 saturated carbocycles. The van der Waals surface area contributed by atoms with Gasteiger partial charge in [-0.05, 0) is 74.1 Å². The van der Waals surface area contributed by atoms with Crippen molar-refractivity contribution in [3.63, 3.8) is 0 Å². The quantitative estimate of drug-likeness (QED) is 0.168. The minimum Gasteiger partial charge on any atom is -0.495 e. The van der Waals surface area contributed by atoms with E-state index >= 15 is 0 Å². The second-order valence-electron chi connectivity index (χ2n) is 7.99. The number of aromatic amines is 1. The standard InChI is InChI=1S/C27H30N3O4PS/c1-4-33-35(31,34-5-2)22-13-10-19(11-14-22)18-28-27(36)30-25-17-21(12-15-26(25)32-3)24-16-20-8-6-7-9-23(20)29-24/h6-17,29H,4-5,18H2,1-3H3,(H2,28,30,36).